The molecule has 1 atom stereocenters. The van der Waals surface area contributed by atoms with Crippen molar-refractivity contribution in [3.05, 3.63) is 29.8 Å². The van der Waals surface area contributed by atoms with Crippen molar-refractivity contribution in [2.75, 3.05) is 25.0 Å². The van der Waals surface area contributed by atoms with Gasteiger partial charge in [0.15, 0.2) is 0 Å². The third-order valence-corrected chi connectivity index (χ3v) is 3.17. The van der Waals surface area contributed by atoms with E-state index in [1.165, 1.54) is 0 Å². The van der Waals surface area contributed by atoms with E-state index < -0.39 is 6.10 Å². The van der Waals surface area contributed by atoms with Gasteiger partial charge in [0, 0.05) is 30.9 Å². The van der Waals surface area contributed by atoms with Crippen molar-refractivity contribution >= 4 is 11.7 Å². The largest absolute Gasteiger partial charge is 0.391 e. The van der Waals surface area contributed by atoms with Gasteiger partial charge in [0.2, 0.25) is 0 Å². The van der Waals surface area contributed by atoms with Gasteiger partial charge in [-0.2, -0.15) is 0 Å². The Hall–Kier alpha value is -1.59. The van der Waals surface area contributed by atoms with Crippen molar-refractivity contribution in [1.29, 1.82) is 0 Å². The van der Waals surface area contributed by atoms with E-state index in [2.05, 4.69) is 5.32 Å². The van der Waals surface area contributed by atoms with E-state index in [9.17, 15) is 9.90 Å². The minimum atomic E-state index is -0.399. The van der Waals surface area contributed by atoms with Crippen molar-refractivity contribution in [3.8, 4) is 0 Å². The molecule has 1 fully saturated rings. The second-order valence-corrected chi connectivity index (χ2v) is 4.61. The zero-order chi connectivity index (χ0) is 13.7. The molecule has 1 saturated heterocycles. The molecule has 5 heteroatoms. The van der Waals surface area contributed by atoms with Gasteiger partial charge in [0.25, 0.3) is 0 Å². The van der Waals surface area contributed by atoms with Gasteiger partial charge in [-0.05, 0) is 19.4 Å². The van der Waals surface area contributed by atoms with E-state index in [1.807, 2.05) is 31.2 Å². The van der Waals surface area contributed by atoms with Gasteiger partial charge >= 0.3 is 6.03 Å². The molecule has 5 nitrogen and oxygen atoms in total. The number of hydrogen-bond donors (Lipinski definition) is 2. The number of urea groups is 1. The Morgan fingerprint density at radius 1 is 1.53 bits per heavy atom. The van der Waals surface area contributed by atoms with Crippen LogP contribution >= 0.6 is 0 Å². The highest BCUT2D eigenvalue weighted by molar-refractivity contribution is 5.90. The maximum Gasteiger partial charge on any atom is 0.321 e. The predicted molar refractivity (Wildman–Crippen MR) is 73.0 cm³/mol. The van der Waals surface area contributed by atoms with Crippen molar-refractivity contribution in [3.63, 3.8) is 0 Å². The van der Waals surface area contributed by atoms with Crippen molar-refractivity contribution in [2.45, 2.75) is 26.1 Å². The lowest BCUT2D eigenvalue weighted by Crippen LogP contribution is -2.33. The number of hydrogen-bond acceptors (Lipinski definition) is 3. The number of carbonyl (C=O) groups excluding carboxylic acids is 1. The second-order valence-electron chi connectivity index (χ2n) is 4.61. The number of nitrogens with one attached hydrogen (secondary N) is 1. The third-order valence-electron chi connectivity index (χ3n) is 3.17. The van der Waals surface area contributed by atoms with Crippen molar-refractivity contribution in [2.24, 2.45) is 0 Å². The normalized spacial score (nSPS) is 18.6. The molecule has 0 radical (unpaired) electrons. The molecule has 0 aliphatic carbocycles. The van der Waals surface area contributed by atoms with Gasteiger partial charge in [-0.25, -0.2) is 4.79 Å². The smallest absolute Gasteiger partial charge is 0.321 e. The minimum absolute atomic E-state index is 0.166. The van der Waals surface area contributed by atoms with Crippen LogP contribution in [0.3, 0.4) is 0 Å². The first-order chi connectivity index (χ1) is 9.20. The number of ether oxygens (including phenoxy) is 1. The average Bonchev–Trinajstić information content (AvgIpc) is 2.84. The molecule has 0 bridgehead atoms. The second kappa shape index (κ2) is 6.54. The zero-order valence-electron chi connectivity index (χ0n) is 11.1. The Balaban J connectivity index is 2.00. The van der Waals surface area contributed by atoms with Gasteiger partial charge in [0.1, 0.15) is 0 Å². The van der Waals surface area contributed by atoms with Gasteiger partial charge in [-0.3, -0.25) is 0 Å². The standard InChI is InChI=1S/C14H20N2O3/c1-2-19-10-11-5-3-4-6-13(11)15-14(18)16-8-7-12(17)9-16/h3-6,12,17H,2,7-10H2,1H3,(H,15,18)/t12-/m1/s1. The maximum absolute atomic E-state index is 12.0. The number of β-amino-alcohol motifs (C(OH)–C–C–N with tert-alkyl or cyclic N) is 1. The SMILES string of the molecule is CCOCc1ccccc1NC(=O)N1CC[C@@H](O)C1. The van der Waals surface area contributed by atoms with Gasteiger partial charge < -0.3 is 20.1 Å². The predicted octanol–water partition coefficient (Wildman–Crippen LogP) is 1.82. The molecule has 2 N–H and O–H groups in total. The molecule has 19 heavy (non-hydrogen) atoms. The Morgan fingerprint density at radius 2 is 2.32 bits per heavy atom. The first-order valence-corrected chi connectivity index (χ1v) is 6.60. The molecule has 1 aliphatic heterocycles. The Kier molecular flexibility index (Phi) is 4.76. The van der Waals surface area contributed by atoms with E-state index in [0.29, 0.717) is 32.7 Å². The highest BCUT2D eigenvalue weighted by Crippen LogP contribution is 2.18. The molecule has 1 aromatic carbocycles. The van der Waals surface area contributed by atoms with Crippen LogP contribution in [0.4, 0.5) is 10.5 Å². The van der Waals surface area contributed by atoms with Crippen LogP contribution in [0.2, 0.25) is 0 Å². The molecule has 104 valence electrons. The number of aliphatic hydroxyl groups excluding tert-OH is 1. The van der Waals surface area contributed by atoms with Crippen LogP contribution in [0.5, 0.6) is 0 Å². The summed E-state index contributed by atoms with van der Waals surface area (Å²) >= 11 is 0. The molecule has 0 unspecified atom stereocenters. The number of nitrogens with zero attached hydrogens (tertiary/aromatic N) is 1. The summed E-state index contributed by atoms with van der Waals surface area (Å²) in [6.07, 6.45) is 0.248. The topological polar surface area (TPSA) is 61.8 Å². The number of aliphatic hydroxyl groups is 1. The molecular weight excluding hydrogens is 244 g/mol. The quantitative estimate of drug-likeness (QED) is 0.872. The number of amides is 2. The van der Waals surface area contributed by atoms with Gasteiger partial charge in [-0.1, -0.05) is 18.2 Å². The van der Waals surface area contributed by atoms with Gasteiger partial charge in [-0.15, -0.1) is 0 Å². The lowest BCUT2D eigenvalue weighted by Gasteiger charge is -2.18. The molecular formula is C14H20N2O3. The van der Waals surface area contributed by atoms with E-state index >= 15 is 0 Å². The summed E-state index contributed by atoms with van der Waals surface area (Å²) in [4.78, 5) is 13.7. The number of rotatable bonds is 4. The van der Waals surface area contributed by atoms with Gasteiger partial charge in [0.05, 0.1) is 12.7 Å². The van der Waals surface area contributed by atoms with Crippen LogP contribution in [0.15, 0.2) is 24.3 Å². The number of carbonyl (C=O) groups is 1. The molecule has 0 spiro atoms. The Bertz CT molecular complexity index is 436. The van der Waals surface area contributed by atoms with Crippen LogP contribution in [-0.4, -0.2) is 41.8 Å². The number of likely N-dealkylation sites (tertiary alicyclic amines) is 1. The van der Waals surface area contributed by atoms with E-state index in [0.717, 1.165) is 11.3 Å². The first kappa shape index (κ1) is 13.8. The molecule has 1 aliphatic rings. The fourth-order valence-electron chi connectivity index (χ4n) is 2.10. The van der Waals surface area contributed by atoms with Crippen LogP contribution in [-0.2, 0) is 11.3 Å². The van der Waals surface area contributed by atoms with E-state index in [-0.39, 0.29) is 6.03 Å². The monoisotopic (exact) mass is 264 g/mol. The zero-order valence-corrected chi connectivity index (χ0v) is 11.1. The van der Waals surface area contributed by atoms with Crippen LogP contribution in [0.1, 0.15) is 18.9 Å². The molecule has 2 amide bonds. The number of para-hydroxylation sites is 1. The number of benzene rings is 1. The molecule has 1 heterocycles. The van der Waals surface area contributed by atoms with Crippen molar-refractivity contribution < 1.29 is 14.6 Å². The highest BCUT2D eigenvalue weighted by Gasteiger charge is 2.24. The van der Waals surface area contributed by atoms with E-state index in [4.69, 9.17) is 4.74 Å². The number of anilines is 1. The van der Waals surface area contributed by atoms with Crippen LogP contribution in [0.25, 0.3) is 0 Å². The summed E-state index contributed by atoms with van der Waals surface area (Å²) in [5.74, 6) is 0. The summed E-state index contributed by atoms with van der Waals surface area (Å²) in [5.41, 5.74) is 1.72. The summed E-state index contributed by atoms with van der Waals surface area (Å²) < 4.78 is 5.38. The summed E-state index contributed by atoms with van der Waals surface area (Å²) in [6, 6.07) is 7.43. The Labute approximate surface area is 113 Å². The summed E-state index contributed by atoms with van der Waals surface area (Å²) in [6.45, 7) is 4.06. The molecule has 2 rings (SSSR count). The molecule has 0 aromatic heterocycles. The van der Waals surface area contributed by atoms with Crippen LogP contribution in [0, 0.1) is 0 Å². The fourth-order valence-corrected chi connectivity index (χ4v) is 2.10. The van der Waals surface area contributed by atoms with Crippen LogP contribution < -0.4 is 5.32 Å². The first-order valence-electron chi connectivity index (χ1n) is 6.60. The minimum Gasteiger partial charge on any atom is -0.391 e. The molecule has 0 saturated carbocycles. The fraction of sp³-hybridized carbons (Fsp3) is 0.500. The summed E-state index contributed by atoms with van der Waals surface area (Å²) in [7, 11) is 0. The average molecular weight is 264 g/mol. The maximum atomic E-state index is 12.0. The summed E-state index contributed by atoms with van der Waals surface area (Å²) in [5, 5.41) is 12.3. The third kappa shape index (κ3) is 3.68. The van der Waals surface area contributed by atoms with E-state index in [1.54, 1.807) is 4.90 Å². The lowest BCUT2D eigenvalue weighted by molar-refractivity contribution is 0.134. The highest BCUT2D eigenvalue weighted by atomic mass is 16.5. The molecule has 1 aromatic rings. The lowest BCUT2D eigenvalue weighted by atomic mass is 10.2. The Morgan fingerprint density at radius 3 is 3.00 bits per heavy atom. The van der Waals surface area contributed by atoms with Crippen molar-refractivity contribution in [1.82, 2.24) is 4.90 Å².